The van der Waals surface area contributed by atoms with Gasteiger partial charge in [0, 0.05) is 21.9 Å². The number of hydrogen-bond acceptors (Lipinski definition) is 6. The van der Waals surface area contributed by atoms with Gasteiger partial charge in [-0.2, -0.15) is 0 Å². The molecule has 0 radical (unpaired) electrons. The SMILES string of the molecule is CCOC(=O)c1cc([C@H](C)c2ccccc2)sc1NC(=O)c1ccc(OC)c(COc2ccccc2Br)c1. The van der Waals surface area contributed by atoms with Gasteiger partial charge in [0.15, 0.2) is 0 Å². The minimum atomic E-state index is -0.470. The smallest absolute Gasteiger partial charge is 0.341 e. The molecule has 0 saturated heterocycles. The third-order valence-corrected chi connectivity index (χ3v) is 7.85. The molecule has 38 heavy (non-hydrogen) atoms. The average molecular weight is 595 g/mol. The summed E-state index contributed by atoms with van der Waals surface area (Å²) in [6.45, 7) is 4.28. The zero-order valence-electron chi connectivity index (χ0n) is 21.3. The number of carbonyl (C=O) groups excluding carboxylic acids is 2. The van der Waals surface area contributed by atoms with E-state index in [0.29, 0.717) is 33.2 Å². The number of benzene rings is 3. The first-order valence-corrected chi connectivity index (χ1v) is 13.7. The van der Waals surface area contributed by atoms with Crippen molar-refractivity contribution >= 4 is 44.1 Å². The fourth-order valence-electron chi connectivity index (χ4n) is 3.91. The fourth-order valence-corrected chi connectivity index (χ4v) is 5.43. The standard InChI is InChI=1S/C30H28BrNO5S/c1-4-36-30(34)23-17-27(19(2)20-10-6-5-7-11-20)38-29(23)32-28(33)21-14-15-25(35-3)22(16-21)18-37-26-13-9-8-12-24(26)31/h5-17,19H,4,18H2,1-3H3,(H,32,33)/t19-/m1/s1. The van der Waals surface area contributed by atoms with Crippen LogP contribution in [0.3, 0.4) is 0 Å². The molecule has 196 valence electrons. The van der Waals surface area contributed by atoms with Crippen LogP contribution in [0, 0.1) is 0 Å². The van der Waals surface area contributed by atoms with Crippen LogP contribution >= 0.6 is 27.3 Å². The molecule has 0 aliphatic carbocycles. The Labute approximate surface area is 234 Å². The van der Waals surface area contributed by atoms with Crippen LogP contribution < -0.4 is 14.8 Å². The number of methoxy groups -OCH3 is 1. The molecule has 4 rings (SSSR count). The van der Waals surface area contributed by atoms with E-state index in [1.807, 2.05) is 54.6 Å². The number of para-hydroxylation sites is 1. The maximum absolute atomic E-state index is 13.3. The van der Waals surface area contributed by atoms with E-state index in [2.05, 4.69) is 28.2 Å². The highest BCUT2D eigenvalue weighted by molar-refractivity contribution is 9.10. The lowest BCUT2D eigenvalue weighted by molar-refractivity contribution is 0.0528. The van der Waals surface area contributed by atoms with Crippen LogP contribution in [0.1, 0.15) is 56.5 Å². The van der Waals surface area contributed by atoms with E-state index in [4.69, 9.17) is 14.2 Å². The average Bonchev–Trinajstić information content (AvgIpc) is 3.36. The van der Waals surface area contributed by atoms with Crippen LogP contribution in [-0.4, -0.2) is 25.6 Å². The monoisotopic (exact) mass is 593 g/mol. The first-order chi connectivity index (χ1) is 18.4. The highest BCUT2D eigenvalue weighted by atomic mass is 79.9. The van der Waals surface area contributed by atoms with Crippen molar-refractivity contribution < 1.29 is 23.8 Å². The zero-order chi connectivity index (χ0) is 27.1. The van der Waals surface area contributed by atoms with Crippen molar-refractivity contribution in [3.8, 4) is 11.5 Å². The molecular weight excluding hydrogens is 566 g/mol. The second-order valence-electron chi connectivity index (χ2n) is 8.44. The van der Waals surface area contributed by atoms with Gasteiger partial charge >= 0.3 is 5.97 Å². The number of carbonyl (C=O) groups is 2. The number of nitrogens with one attached hydrogen (secondary N) is 1. The molecular formula is C30H28BrNO5S. The lowest BCUT2D eigenvalue weighted by atomic mass is 9.99. The van der Waals surface area contributed by atoms with Gasteiger partial charge in [0.25, 0.3) is 5.91 Å². The molecule has 6 nitrogen and oxygen atoms in total. The Morgan fingerprint density at radius 1 is 0.974 bits per heavy atom. The van der Waals surface area contributed by atoms with Crippen LogP contribution in [-0.2, 0) is 11.3 Å². The van der Waals surface area contributed by atoms with Crippen molar-refractivity contribution in [2.45, 2.75) is 26.4 Å². The summed E-state index contributed by atoms with van der Waals surface area (Å²) in [5, 5.41) is 3.38. The summed E-state index contributed by atoms with van der Waals surface area (Å²) < 4.78 is 17.5. The normalized spacial score (nSPS) is 11.5. The number of thiophene rings is 1. The van der Waals surface area contributed by atoms with Crippen molar-refractivity contribution in [3.63, 3.8) is 0 Å². The van der Waals surface area contributed by atoms with E-state index < -0.39 is 5.97 Å². The number of esters is 1. The summed E-state index contributed by atoms with van der Waals surface area (Å²) in [6.07, 6.45) is 0. The van der Waals surface area contributed by atoms with Crippen LogP contribution in [0.15, 0.2) is 83.3 Å². The van der Waals surface area contributed by atoms with Crippen molar-refractivity contribution in [2.24, 2.45) is 0 Å². The van der Waals surface area contributed by atoms with Gasteiger partial charge < -0.3 is 19.5 Å². The maximum atomic E-state index is 13.3. The largest absolute Gasteiger partial charge is 0.496 e. The van der Waals surface area contributed by atoms with Crippen molar-refractivity contribution in [1.82, 2.24) is 0 Å². The molecule has 0 saturated carbocycles. The Kier molecular flexibility index (Phi) is 9.20. The quantitative estimate of drug-likeness (QED) is 0.191. The molecule has 1 aromatic heterocycles. The predicted octanol–water partition coefficient (Wildman–Crippen LogP) is 7.68. The zero-order valence-corrected chi connectivity index (χ0v) is 23.7. The van der Waals surface area contributed by atoms with Crippen LogP contribution in [0.4, 0.5) is 5.00 Å². The minimum Gasteiger partial charge on any atom is -0.496 e. The van der Waals surface area contributed by atoms with Gasteiger partial charge in [-0.1, -0.05) is 49.4 Å². The summed E-state index contributed by atoms with van der Waals surface area (Å²) in [5.74, 6) is 0.518. The third kappa shape index (κ3) is 6.44. The molecule has 0 fully saturated rings. The molecule has 1 atom stereocenters. The lowest BCUT2D eigenvalue weighted by Gasteiger charge is -2.13. The van der Waals surface area contributed by atoms with Crippen molar-refractivity contribution in [1.29, 1.82) is 0 Å². The molecule has 0 unspecified atom stereocenters. The summed E-state index contributed by atoms with van der Waals surface area (Å²) in [5.41, 5.74) is 2.59. The van der Waals surface area contributed by atoms with E-state index >= 15 is 0 Å². The van der Waals surface area contributed by atoms with E-state index in [-0.39, 0.29) is 25.0 Å². The summed E-state index contributed by atoms with van der Waals surface area (Å²) >= 11 is 4.85. The Balaban J connectivity index is 1.59. The summed E-state index contributed by atoms with van der Waals surface area (Å²) in [4.78, 5) is 27.0. The molecule has 4 aromatic rings. The highest BCUT2D eigenvalue weighted by Crippen LogP contribution is 2.37. The van der Waals surface area contributed by atoms with Crippen LogP contribution in [0.5, 0.6) is 11.5 Å². The fraction of sp³-hybridized carbons (Fsp3) is 0.200. The van der Waals surface area contributed by atoms with Crippen LogP contribution in [0.2, 0.25) is 0 Å². The lowest BCUT2D eigenvalue weighted by Crippen LogP contribution is -2.15. The first kappa shape index (κ1) is 27.4. The summed E-state index contributed by atoms with van der Waals surface area (Å²) in [6, 6.07) is 24.5. The van der Waals surface area contributed by atoms with E-state index in [1.165, 1.54) is 11.3 Å². The Bertz CT molecular complexity index is 1420. The molecule has 0 aliphatic heterocycles. The topological polar surface area (TPSA) is 73.9 Å². The van der Waals surface area contributed by atoms with E-state index in [1.54, 1.807) is 38.3 Å². The van der Waals surface area contributed by atoms with Crippen molar-refractivity contribution in [3.05, 3.63) is 110 Å². The van der Waals surface area contributed by atoms with Gasteiger partial charge in [-0.25, -0.2) is 4.79 Å². The third-order valence-electron chi connectivity index (χ3n) is 5.96. The maximum Gasteiger partial charge on any atom is 0.341 e. The molecule has 1 amide bonds. The number of hydrogen-bond donors (Lipinski definition) is 1. The van der Waals surface area contributed by atoms with Gasteiger partial charge in [0.05, 0.1) is 23.8 Å². The van der Waals surface area contributed by atoms with Gasteiger partial charge in [-0.3, -0.25) is 4.79 Å². The number of ether oxygens (including phenoxy) is 3. The van der Waals surface area contributed by atoms with Gasteiger partial charge in [-0.15, -0.1) is 11.3 Å². The van der Waals surface area contributed by atoms with E-state index in [0.717, 1.165) is 14.9 Å². The Hall–Kier alpha value is -3.62. The number of amides is 1. The van der Waals surface area contributed by atoms with Crippen molar-refractivity contribution in [2.75, 3.05) is 19.0 Å². The van der Waals surface area contributed by atoms with Crippen LogP contribution in [0.25, 0.3) is 0 Å². The van der Waals surface area contributed by atoms with Gasteiger partial charge in [-0.05, 0) is 64.8 Å². The first-order valence-electron chi connectivity index (χ1n) is 12.1. The molecule has 1 N–H and O–H groups in total. The molecule has 3 aromatic carbocycles. The Morgan fingerprint density at radius 2 is 1.71 bits per heavy atom. The molecule has 8 heteroatoms. The number of halogens is 1. The molecule has 1 heterocycles. The Morgan fingerprint density at radius 3 is 2.42 bits per heavy atom. The van der Waals surface area contributed by atoms with Gasteiger partial charge in [0.1, 0.15) is 23.1 Å². The second kappa shape index (κ2) is 12.8. The summed E-state index contributed by atoms with van der Waals surface area (Å²) in [7, 11) is 1.57. The molecule has 0 bridgehead atoms. The van der Waals surface area contributed by atoms with E-state index in [9.17, 15) is 9.59 Å². The molecule has 0 spiro atoms. The van der Waals surface area contributed by atoms with Gasteiger partial charge in [0.2, 0.25) is 0 Å². The predicted molar refractivity (Wildman–Crippen MR) is 154 cm³/mol. The minimum absolute atomic E-state index is 0.0436. The number of anilines is 1. The molecule has 0 aliphatic rings. The highest BCUT2D eigenvalue weighted by Gasteiger charge is 2.23. The number of rotatable bonds is 10. The second-order valence-corrected chi connectivity index (χ2v) is 10.4.